The van der Waals surface area contributed by atoms with Crippen molar-refractivity contribution in [3.05, 3.63) is 29.3 Å². The van der Waals surface area contributed by atoms with Crippen molar-refractivity contribution in [1.82, 2.24) is 4.90 Å². The van der Waals surface area contributed by atoms with Crippen molar-refractivity contribution < 1.29 is 0 Å². The van der Waals surface area contributed by atoms with Crippen molar-refractivity contribution in [3.63, 3.8) is 0 Å². The van der Waals surface area contributed by atoms with E-state index < -0.39 is 0 Å². The fourth-order valence-corrected chi connectivity index (χ4v) is 1.71. The number of hydrogen-bond acceptors (Lipinski definition) is 2. The van der Waals surface area contributed by atoms with Crippen LogP contribution < -0.4 is 5.73 Å². The van der Waals surface area contributed by atoms with Crippen molar-refractivity contribution >= 4 is 5.69 Å². The second-order valence-electron chi connectivity index (χ2n) is 3.52. The van der Waals surface area contributed by atoms with Crippen molar-refractivity contribution in [1.29, 1.82) is 0 Å². The Balaban J connectivity index is 0.000000461. The number of fused-ring (bicyclic) bond motifs is 1. The first kappa shape index (κ1) is 11.1. The first-order valence-corrected chi connectivity index (χ1v) is 5.31. The van der Waals surface area contributed by atoms with E-state index >= 15 is 0 Å². The molecule has 1 heterocycles. The first-order chi connectivity index (χ1) is 6.75. The standard InChI is InChI=1S/C10H14N2.C2H6/c1-12-5-4-8-6-10(11)3-2-9(8)7-12;1-2/h2-3,6H,4-5,7,11H2,1H3;1-2H3. The molecule has 0 amide bonds. The molecule has 0 unspecified atom stereocenters. The summed E-state index contributed by atoms with van der Waals surface area (Å²) in [5.41, 5.74) is 9.44. The molecule has 0 radical (unpaired) electrons. The zero-order valence-corrected chi connectivity index (χ0v) is 9.38. The molecule has 0 saturated heterocycles. The Hall–Kier alpha value is -1.02. The minimum absolute atomic E-state index is 0.887. The molecule has 1 aromatic rings. The molecular weight excluding hydrogens is 172 g/mol. The molecule has 2 rings (SSSR count). The number of likely N-dealkylation sites (N-methyl/N-ethyl adjacent to an activating group) is 1. The molecule has 2 N–H and O–H groups in total. The van der Waals surface area contributed by atoms with E-state index in [0.29, 0.717) is 0 Å². The van der Waals surface area contributed by atoms with Gasteiger partial charge in [-0.3, -0.25) is 0 Å². The average molecular weight is 192 g/mol. The summed E-state index contributed by atoms with van der Waals surface area (Å²) in [6.45, 7) is 6.21. The lowest BCUT2D eigenvalue weighted by Crippen LogP contribution is -2.26. The number of benzene rings is 1. The number of nitrogen functional groups attached to an aromatic ring is 1. The van der Waals surface area contributed by atoms with Crippen molar-refractivity contribution in [2.45, 2.75) is 26.8 Å². The van der Waals surface area contributed by atoms with Crippen molar-refractivity contribution in [3.8, 4) is 0 Å². The van der Waals surface area contributed by atoms with E-state index in [1.54, 1.807) is 0 Å². The van der Waals surface area contributed by atoms with Gasteiger partial charge in [0.25, 0.3) is 0 Å². The average Bonchev–Trinajstić information content (AvgIpc) is 2.21. The molecule has 0 aliphatic carbocycles. The van der Waals surface area contributed by atoms with E-state index in [1.165, 1.54) is 11.1 Å². The number of anilines is 1. The van der Waals surface area contributed by atoms with Gasteiger partial charge in [-0.2, -0.15) is 0 Å². The Morgan fingerprint density at radius 2 is 1.93 bits per heavy atom. The Morgan fingerprint density at radius 1 is 1.21 bits per heavy atom. The third-order valence-electron chi connectivity index (χ3n) is 2.43. The lowest BCUT2D eigenvalue weighted by molar-refractivity contribution is 0.313. The molecule has 14 heavy (non-hydrogen) atoms. The summed E-state index contributed by atoms with van der Waals surface area (Å²) in [6.07, 6.45) is 1.14. The maximum Gasteiger partial charge on any atom is 0.0316 e. The Labute approximate surface area is 86.7 Å². The van der Waals surface area contributed by atoms with Crippen molar-refractivity contribution in [2.75, 3.05) is 19.3 Å². The molecule has 1 aliphatic rings. The molecular formula is C12H20N2. The van der Waals surface area contributed by atoms with Gasteiger partial charge in [-0.25, -0.2) is 0 Å². The molecule has 1 aliphatic heterocycles. The Morgan fingerprint density at radius 3 is 2.64 bits per heavy atom. The highest BCUT2D eigenvalue weighted by atomic mass is 15.1. The topological polar surface area (TPSA) is 29.3 Å². The molecule has 78 valence electrons. The largest absolute Gasteiger partial charge is 0.399 e. The fourth-order valence-electron chi connectivity index (χ4n) is 1.71. The van der Waals surface area contributed by atoms with Gasteiger partial charge in [-0.15, -0.1) is 0 Å². The summed E-state index contributed by atoms with van der Waals surface area (Å²) in [4.78, 5) is 2.33. The van der Waals surface area contributed by atoms with Crippen molar-refractivity contribution in [2.24, 2.45) is 0 Å². The molecule has 0 bridgehead atoms. The van der Waals surface area contributed by atoms with E-state index in [2.05, 4.69) is 24.1 Å². The van der Waals surface area contributed by atoms with Crippen LogP contribution in [-0.2, 0) is 13.0 Å². The molecule has 2 heteroatoms. The van der Waals surface area contributed by atoms with Gasteiger partial charge < -0.3 is 10.6 Å². The van der Waals surface area contributed by atoms with E-state index in [9.17, 15) is 0 Å². The van der Waals surface area contributed by atoms with E-state index in [1.807, 2.05) is 19.9 Å². The minimum Gasteiger partial charge on any atom is -0.399 e. The highest BCUT2D eigenvalue weighted by Crippen LogP contribution is 2.19. The van der Waals surface area contributed by atoms with Gasteiger partial charge >= 0.3 is 0 Å². The quantitative estimate of drug-likeness (QED) is 0.639. The van der Waals surface area contributed by atoms with Crippen LogP contribution in [0.4, 0.5) is 5.69 Å². The lowest BCUT2D eigenvalue weighted by Gasteiger charge is -2.24. The van der Waals surface area contributed by atoms with Crippen LogP contribution in [0.5, 0.6) is 0 Å². The van der Waals surface area contributed by atoms with Gasteiger partial charge in [0.2, 0.25) is 0 Å². The van der Waals surface area contributed by atoms with Crippen LogP contribution in [0.1, 0.15) is 25.0 Å². The molecule has 0 spiro atoms. The van der Waals surface area contributed by atoms with Crippen LogP contribution in [0, 0.1) is 0 Å². The SMILES string of the molecule is CC.CN1CCc2cc(N)ccc2C1. The third kappa shape index (κ3) is 2.48. The van der Waals surface area contributed by atoms with Crippen LogP contribution in [0.15, 0.2) is 18.2 Å². The first-order valence-electron chi connectivity index (χ1n) is 5.31. The summed E-state index contributed by atoms with van der Waals surface area (Å²) in [6, 6.07) is 6.22. The van der Waals surface area contributed by atoms with Crippen LogP contribution in [0.25, 0.3) is 0 Å². The van der Waals surface area contributed by atoms with Crippen LogP contribution in [-0.4, -0.2) is 18.5 Å². The lowest BCUT2D eigenvalue weighted by atomic mass is 10.00. The Kier molecular flexibility index (Phi) is 3.96. The van der Waals surface area contributed by atoms with Crippen LogP contribution >= 0.6 is 0 Å². The highest BCUT2D eigenvalue weighted by Gasteiger charge is 2.11. The van der Waals surface area contributed by atoms with E-state index in [-0.39, 0.29) is 0 Å². The van der Waals surface area contributed by atoms with Crippen LogP contribution in [0.3, 0.4) is 0 Å². The molecule has 0 saturated carbocycles. The van der Waals surface area contributed by atoms with Gasteiger partial charge in [-0.1, -0.05) is 19.9 Å². The monoisotopic (exact) mass is 192 g/mol. The summed E-state index contributed by atoms with van der Waals surface area (Å²) in [5, 5.41) is 0. The van der Waals surface area contributed by atoms with E-state index in [4.69, 9.17) is 5.73 Å². The maximum absolute atomic E-state index is 5.70. The minimum atomic E-state index is 0.887. The molecule has 1 aromatic carbocycles. The molecule has 0 aromatic heterocycles. The smallest absolute Gasteiger partial charge is 0.0316 e. The number of hydrogen-bond donors (Lipinski definition) is 1. The summed E-state index contributed by atoms with van der Waals surface area (Å²) in [7, 11) is 2.15. The molecule has 2 nitrogen and oxygen atoms in total. The second kappa shape index (κ2) is 5.01. The number of nitrogens with zero attached hydrogens (tertiary/aromatic N) is 1. The number of nitrogens with two attached hydrogens (primary N) is 1. The second-order valence-corrected chi connectivity index (χ2v) is 3.52. The van der Waals surface area contributed by atoms with Gasteiger partial charge in [0.15, 0.2) is 0 Å². The molecule has 0 atom stereocenters. The fraction of sp³-hybridized carbons (Fsp3) is 0.500. The summed E-state index contributed by atoms with van der Waals surface area (Å²) < 4.78 is 0. The zero-order valence-electron chi connectivity index (χ0n) is 9.38. The predicted molar refractivity (Wildman–Crippen MR) is 62.2 cm³/mol. The number of rotatable bonds is 0. The summed E-state index contributed by atoms with van der Waals surface area (Å²) in [5.74, 6) is 0. The zero-order chi connectivity index (χ0) is 10.6. The van der Waals surface area contributed by atoms with Crippen LogP contribution in [0.2, 0.25) is 0 Å². The predicted octanol–water partition coefficient (Wildman–Crippen LogP) is 2.28. The van der Waals surface area contributed by atoms with Gasteiger partial charge in [0.1, 0.15) is 0 Å². The van der Waals surface area contributed by atoms with Gasteiger partial charge in [0.05, 0.1) is 0 Å². The van der Waals surface area contributed by atoms with E-state index in [0.717, 1.165) is 25.2 Å². The highest BCUT2D eigenvalue weighted by molar-refractivity contribution is 5.45. The van der Waals surface area contributed by atoms with Gasteiger partial charge in [-0.05, 0) is 36.7 Å². The summed E-state index contributed by atoms with van der Waals surface area (Å²) >= 11 is 0. The Bertz CT molecular complexity index is 294. The maximum atomic E-state index is 5.70. The molecule has 0 fully saturated rings. The van der Waals surface area contributed by atoms with Gasteiger partial charge in [0, 0.05) is 18.8 Å². The third-order valence-corrected chi connectivity index (χ3v) is 2.43. The normalized spacial score (nSPS) is 15.4.